The molecule has 1 amide bonds. The molecule has 1 heterocycles. The van der Waals surface area contributed by atoms with Crippen molar-refractivity contribution in [3.63, 3.8) is 0 Å². The Morgan fingerprint density at radius 3 is 2.67 bits per heavy atom. The summed E-state index contributed by atoms with van der Waals surface area (Å²) in [6, 6.07) is 9.17. The highest BCUT2D eigenvalue weighted by molar-refractivity contribution is 6.25. The van der Waals surface area contributed by atoms with Crippen LogP contribution in [-0.2, 0) is 4.79 Å². The normalized spacial score (nSPS) is 16.0. The van der Waals surface area contributed by atoms with Crippen molar-refractivity contribution in [3.05, 3.63) is 42.2 Å². The lowest BCUT2D eigenvalue weighted by molar-refractivity contribution is -0.112. The van der Waals surface area contributed by atoms with Gasteiger partial charge in [-0.3, -0.25) is 9.79 Å². The summed E-state index contributed by atoms with van der Waals surface area (Å²) in [6.45, 7) is 0.727. The molecule has 0 aromatic heterocycles. The lowest BCUT2D eigenvalue weighted by Gasteiger charge is -2.14. The van der Waals surface area contributed by atoms with Crippen molar-refractivity contribution in [2.45, 2.75) is 19.3 Å². The molecule has 1 aliphatic rings. The number of carbonyl (C=O) groups excluding carboxylic acids is 1. The number of aliphatic imine (C=N–C) groups is 1. The van der Waals surface area contributed by atoms with E-state index in [4.69, 9.17) is 0 Å². The zero-order chi connectivity index (χ0) is 12.8. The first-order valence-corrected chi connectivity index (χ1v) is 6.06. The summed E-state index contributed by atoms with van der Waals surface area (Å²) >= 11 is 0. The van der Waals surface area contributed by atoms with Gasteiger partial charge in [-0.05, 0) is 31.4 Å². The molecule has 0 atom stereocenters. The molecule has 0 radical (unpaired) electrons. The third kappa shape index (κ3) is 2.97. The topological polar surface area (TPSA) is 61.7 Å². The van der Waals surface area contributed by atoms with Gasteiger partial charge < -0.3 is 10.4 Å². The third-order valence-electron chi connectivity index (χ3n) is 2.84. The average molecular weight is 244 g/mol. The van der Waals surface area contributed by atoms with E-state index in [1.807, 2.05) is 18.2 Å². The molecule has 2 rings (SSSR count). The van der Waals surface area contributed by atoms with Crippen LogP contribution in [-0.4, -0.2) is 23.3 Å². The molecule has 4 heteroatoms. The summed E-state index contributed by atoms with van der Waals surface area (Å²) in [7, 11) is 0. The van der Waals surface area contributed by atoms with Crippen LogP contribution in [0.2, 0.25) is 0 Å². The van der Waals surface area contributed by atoms with E-state index in [1.165, 1.54) is 0 Å². The van der Waals surface area contributed by atoms with Gasteiger partial charge in [0, 0.05) is 12.2 Å². The standard InChI is InChI=1S/C14H16N2O2/c17-10-12(13-8-4-5-9-15-13)14(18)16-11-6-2-1-3-7-11/h1-3,6-7,10,17H,4-5,8-9H2,(H,16,18)/b12-10+. The van der Waals surface area contributed by atoms with E-state index in [0.29, 0.717) is 11.4 Å². The Bertz CT molecular complexity index is 478. The maximum atomic E-state index is 12.0. The smallest absolute Gasteiger partial charge is 0.260 e. The summed E-state index contributed by atoms with van der Waals surface area (Å²) < 4.78 is 0. The summed E-state index contributed by atoms with van der Waals surface area (Å²) in [6.07, 6.45) is 3.65. The number of aliphatic hydroxyl groups excluding tert-OH is 1. The van der Waals surface area contributed by atoms with Gasteiger partial charge >= 0.3 is 0 Å². The molecule has 1 aromatic carbocycles. The molecule has 18 heavy (non-hydrogen) atoms. The van der Waals surface area contributed by atoms with Crippen molar-refractivity contribution >= 4 is 17.3 Å². The number of aliphatic hydroxyl groups is 1. The van der Waals surface area contributed by atoms with E-state index in [0.717, 1.165) is 32.1 Å². The number of nitrogens with one attached hydrogen (secondary N) is 1. The number of para-hydroxylation sites is 1. The first kappa shape index (κ1) is 12.4. The highest BCUT2D eigenvalue weighted by atomic mass is 16.2. The molecule has 0 saturated heterocycles. The number of amides is 1. The number of hydrogen-bond acceptors (Lipinski definition) is 3. The second-order valence-corrected chi connectivity index (χ2v) is 4.15. The van der Waals surface area contributed by atoms with Crippen molar-refractivity contribution < 1.29 is 9.90 Å². The summed E-state index contributed by atoms with van der Waals surface area (Å²) in [5.74, 6) is -0.315. The van der Waals surface area contributed by atoms with Gasteiger partial charge in [0.05, 0.1) is 17.5 Å². The van der Waals surface area contributed by atoms with Crippen LogP contribution in [0.3, 0.4) is 0 Å². The van der Waals surface area contributed by atoms with Crippen molar-refractivity contribution in [2.75, 3.05) is 11.9 Å². The van der Waals surface area contributed by atoms with Crippen LogP contribution in [0.5, 0.6) is 0 Å². The SMILES string of the molecule is O=C(Nc1ccccc1)/C(=C/O)C1=NCCCC1. The van der Waals surface area contributed by atoms with Crippen LogP contribution in [0.25, 0.3) is 0 Å². The third-order valence-corrected chi connectivity index (χ3v) is 2.84. The van der Waals surface area contributed by atoms with E-state index in [9.17, 15) is 9.90 Å². The number of nitrogens with zero attached hydrogens (tertiary/aromatic N) is 1. The summed E-state index contributed by atoms with van der Waals surface area (Å²) in [5.41, 5.74) is 1.66. The largest absolute Gasteiger partial charge is 0.515 e. The van der Waals surface area contributed by atoms with Crippen molar-refractivity contribution in [1.82, 2.24) is 0 Å². The van der Waals surface area contributed by atoms with Crippen LogP contribution in [0.15, 0.2) is 47.2 Å². The van der Waals surface area contributed by atoms with Gasteiger partial charge in [-0.15, -0.1) is 0 Å². The molecule has 1 aromatic rings. The Labute approximate surface area is 106 Å². The maximum absolute atomic E-state index is 12.0. The predicted octanol–water partition coefficient (Wildman–Crippen LogP) is 2.69. The Hall–Kier alpha value is -2.10. The highest BCUT2D eigenvalue weighted by Gasteiger charge is 2.18. The van der Waals surface area contributed by atoms with Gasteiger partial charge in [-0.25, -0.2) is 0 Å². The van der Waals surface area contributed by atoms with E-state index < -0.39 is 0 Å². The number of hydrogen-bond donors (Lipinski definition) is 2. The fourth-order valence-corrected chi connectivity index (χ4v) is 1.90. The van der Waals surface area contributed by atoms with Crippen LogP contribution in [0.1, 0.15) is 19.3 Å². The Morgan fingerprint density at radius 1 is 1.28 bits per heavy atom. The molecule has 0 unspecified atom stereocenters. The summed E-state index contributed by atoms with van der Waals surface area (Å²) in [5, 5.41) is 12.0. The Morgan fingerprint density at radius 2 is 2.06 bits per heavy atom. The molecular formula is C14H16N2O2. The number of anilines is 1. The highest BCUT2D eigenvalue weighted by Crippen LogP contribution is 2.14. The van der Waals surface area contributed by atoms with Gasteiger partial charge in [0.15, 0.2) is 0 Å². The second-order valence-electron chi connectivity index (χ2n) is 4.15. The minimum absolute atomic E-state index is 0.263. The van der Waals surface area contributed by atoms with E-state index >= 15 is 0 Å². The minimum Gasteiger partial charge on any atom is -0.515 e. The summed E-state index contributed by atoms with van der Waals surface area (Å²) in [4.78, 5) is 16.3. The fraction of sp³-hybridized carbons (Fsp3) is 0.286. The lowest BCUT2D eigenvalue weighted by atomic mass is 10.0. The zero-order valence-corrected chi connectivity index (χ0v) is 10.1. The fourth-order valence-electron chi connectivity index (χ4n) is 1.90. The van der Waals surface area contributed by atoms with Crippen molar-refractivity contribution in [3.8, 4) is 0 Å². The first-order chi connectivity index (χ1) is 8.81. The van der Waals surface area contributed by atoms with Gasteiger partial charge in [0.25, 0.3) is 5.91 Å². The maximum Gasteiger partial charge on any atom is 0.260 e. The predicted molar refractivity (Wildman–Crippen MR) is 71.9 cm³/mol. The minimum atomic E-state index is -0.315. The molecule has 0 saturated carbocycles. The molecule has 4 nitrogen and oxygen atoms in total. The van der Waals surface area contributed by atoms with E-state index in [-0.39, 0.29) is 11.5 Å². The molecule has 0 spiro atoms. The van der Waals surface area contributed by atoms with Crippen LogP contribution >= 0.6 is 0 Å². The van der Waals surface area contributed by atoms with Gasteiger partial charge in [-0.2, -0.15) is 0 Å². The molecule has 1 aliphatic heterocycles. The number of carbonyl (C=O) groups is 1. The number of rotatable bonds is 3. The van der Waals surface area contributed by atoms with Crippen molar-refractivity contribution in [2.24, 2.45) is 4.99 Å². The number of benzene rings is 1. The molecule has 0 fully saturated rings. The van der Waals surface area contributed by atoms with Gasteiger partial charge in [0.2, 0.25) is 0 Å². The molecule has 94 valence electrons. The van der Waals surface area contributed by atoms with Crippen LogP contribution in [0, 0.1) is 0 Å². The second kappa shape index (κ2) is 6.00. The van der Waals surface area contributed by atoms with Gasteiger partial charge in [-0.1, -0.05) is 18.2 Å². The van der Waals surface area contributed by atoms with E-state index in [1.54, 1.807) is 12.1 Å². The molecule has 2 N–H and O–H groups in total. The quantitative estimate of drug-likeness (QED) is 0.634. The van der Waals surface area contributed by atoms with Gasteiger partial charge in [0.1, 0.15) is 0 Å². The van der Waals surface area contributed by atoms with Crippen LogP contribution < -0.4 is 5.32 Å². The lowest BCUT2D eigenvalue weighted by Crippen LogP contribution is -2.22. The monoisotopic (exact) mass is 244 g/mol. The molecule has 0 bridgehead atoms. The molecular weight excluding hydrogens is 228 g/mol. The van der Waals surface area contributed by atoms with Crippen molar-refractivity contribution in [1.29, 1.82) is 0 Å². The van der Waals surface area contributed by atoms with E-state index in [2.05, 4.69) is 10.3 Å². The molecule has 0 aliphatic carbocycles. The Kier molecular flexibility index (Phi) is 4.12. The Balaban J connectivity index is 2.09. The zero-order valence-electron chi connectivity index (χ0n) is 10.1. The van der Waals surface area contributed by atoms with Crippen LogP contribution in [0.4, 0.5) is 5.69 Å². The first-order valence-electron chi connectivity index (χ1n) is 6.06. The average Bonchev–Trinajstić information content (AvgIpc) is 2.42.